The van der Waals surface area contributed by atoms with E-state index in [4.69, 9.17) is 22.1 Å². The van der Waals surface area contributed by atoms with E-state index in [0.29, 0.717) is 16.5 Å². The number of pyridine rings is 1. The minimum absolute atomic E-state index is 0.255. The summed E-state index contributed by atoms with van der Waals surface area (Å²) in [5.41, 5.74) is 6.44. The number of hydrogen-bond donors (Lipinski definition) is 2. The molecule has 0 bridgehead atoms. The third-order valence-corrected chi connectivity index (χ3v) is 3.53. The van der Waals surface area contributed by atoms with Crippen LogP contribution in [0.2, 0.25) is 5.02 Å². The molecule has 0 radical (unpaired) electrons. The highest BCUT2D eigenvalue weighted by molar-refractivity contribution is 6.33. The normalized spacial score (nSPS) is 18.9. The van der Waals surface area contributed by atoms with E-state index in [1.807, 2.05) is 0 Å². The van der Waals surface area contributed by atoms with E-state index >= 15 is 0 Å². The summed E-state index contributed by atoms with van der Waals surface area (Å²) in [4.78, 5) is 4.19. The van der Waals surface area contributed by atoms with Crippen molar-refractivity contribution >= 4 is 23.1 Å². The monoisotopic (exact) mass is 255 g/mol. The van der Waals surface area contributed by atoms with E-state index in [9.17, 15) is 0 Å². The largest absolute Gasteiger partial charge is 0.397 e. The van der Waals surface area contributed by atoms with Crippen molar-refractivity contribution in [3.8, 4) is 0 Å². The van der Waals surface area contributed by atoms with Crippen LogP contribution in [-0.2, 0) is 4.74 Å². The molecule has 2 rings (SSSR count). The van der Waals surface area contributed by atoms with Crippen molar-refractivity contribution in [1.82, 2.24) is 4.98 Å². The predicted octanol–water partition coefficient (Wildman–Crippen LogP) is 2.55. The van der Waals surface area contributed by atoms with E-state index in [1.54, 1.807) is 12.3 Å². The zero-order valence-corrected chi connectivity index (χ0v) is 10.8. The molecule has 4 nitrogen and oxygen atoms in total. The smallest absolute Gasteiger partial charge is 0.144 e. The van der Waals surface area contributed by atoms with E-state index in [-0.39, 0.29) is 5.41 Å². The summed E-state index contributed by atoms with van der Waals surface area (Å²) in [6, 6.07) is 1.71. The number of nitrogen functional groups attached to an aromatic ring is 1. The number of aromatic nitrogens is 1. The summed E-state index contributed by atoms with van der Waals surface area (Å²) < 4.78 is 5.37. The SMILES string of the molecule is CC1(CNc2ncc(N)cc2Cl)CCOCC1. The van der Waals surface area contributed by atoms with Crippen LogP contribution in [0.4, 0.5) is 11.5 Å². The first-order valence-electron chi connectivity index (χ1n) is 5.82. The van der Waals surface area contributed by atoms with Crippen molar-refractivity contribution in [2.24, 2.45) is 5.41 Å². The van der Waals surface area contributed by atoms with Gasteiger partial charge in [-0.1, -0.05) is 18.5 Å². The molecular weight excluding hydrogens is 238 g/mol. The fraction of sp³-hybridized carbons (Fsp3) is 0.583. The number of hydrogen-bond acceptors (Lipinski definition) is 4. The molecule has 1 aliphatic heterocycles. The van der Waals surface area contributed by atoms with Gasteiger partial charge in [0.05, 0.1) is 16.9 Å². The lowest BCUT2D eigenvalue weighted by atomic mass is 9.82. The van der Waals surface area contributed by atoms with Crippen LogP contribution >= 0.6 is 11.6 Å². The maximum absolute atomic E-state index is 6.06. The fourth-order valence-electron chi connectivity index (χ4n) is 1.92. The number of ether oxygens (including phenoxy) is 1. The molecule has 0 unspecified atom stereocenters. The lowest BCUT2D eigenvalue weighted by molar-refractivity contribution is 0.0300. The molecular formula is C12H18ClN3O. The first-order chi connectivity index (χ1) is 8.09. The molecule has 1 aliphatic rings. The van der Waals surface area contributed by atoms with Crippen molar-refractivity contribution in [2.45, 2.75) is 19.8 Å². The van der Waals surface area contributed by atoms with E-state index in [2.05, 4.69) is 17.2 Å². The van der Waals surface area contributed by atoms with Crippen LogP contribution in [0.5, 0.6) is 0 Å². The van der Waals surface area contributed by atoms with Gasteiger partial charge in [-0.2, -0.15) is 0 Å². The first-order valence-corrected chi connectivity index (χ1v) is 6.20. The third-order valence-electron chi connectivity index (χ3n) is 3.24. The summed E-state index contributed by atoms with van der Waals surface area (Å²) >= 11 is 6.06. The number of halogens is 1. The minimum Gasteiger partial charge on any atom is -0.397 e. The van der Waals surface area contributed by atoms with E-state index in [0.717, 1.165) is 32.6 Å². The van der Waals surface area contributed by atoms with Crippen LogP contribution < -0.4 is 11.1 Å². The Kier molecular flexibility index (Phi) is 3.74. The highest BCUT2D eigenvalue weighted by Gasteiger charge is 2.27. The van der Waals surface area contributed by atoms with Crippen LogP contribution in [-0.4, -0.2) is 24.7 Å². The van der Waals surface area contributed by atoms with Gasteiger partial charge in [-0.25, -0.2) is 4.98 Å². The second-order valence-electron chi connectivity index (χ2n) is 4.88. The van der Waals surface area contributed by atoms with Gasteiger partial charge in [-0.15, -0.1) is 0 Å². The molecule has 1 saturated heterocycles. The molecule has 94 valence electrons. The Labute approximate surface area is 107 Å². The maximum Gasteiger partial charge on any atom is 0.144 e. The zero-order valence-electron chi connectivity index (χ0n) is 10.0. The molecule has 1 fully saturated rings. The van der Waals surface area contributed by atoms with Gasteiger partial charge in [0, 0.05) is 19.8 Å². The van der Waals surface area contributed by atoms with Crippen LogP contribution in [0.25, 0.3) is 0 Å². The lowest BCUT2D eigenvalue weighted by Crippen LogP contribution is -2.33. The molecule has 3 N–H and O–H groups in total. The lowest BCUT2D eigenvalue weighted by Gasteiger charge is -2.33. The van der Waals surface area contributed by atoms with Crippen molar-refractivity contribution < 1.29 is 4.74 Å². The summed E-state index contributed by atoms with van der Waals surface area (Å²) in [6.07, 6.45) is 3.74. The maximum atomic E-state index is 6.06. The fourth-order valence-corrected chi connectivity index (χ4v) is 2.16. The Bertz CT molecular complexity index is 391. The second kappa shape index (κ2) is 5.10. The number of nitrogens with one attached hydrogen (secondary N) is 1. The quantitative estimate of drug-likeness (QED) is 0.872. The van der Waals surface area contributed by atoms with Gasteiger partial charge in [0.15, 0.2) is 0 Å². The Morgan fingerprint density at radius 2 is 2.24 bits per heavy atom. The minimum atomic E-state index is 0.255. The van der Waals surface area contributed by atoms with Gasteiger partial charge in [-0.3, -0.25) is 0 Å². The molecule has 0 spiro atoms. The Morgan fingerprint density at radius 3 is 2.88 bits per heavy atom. The Balaban J connectivity index is 1.97. The molecule has 1 aromatic heterocycles. The molecule has 5 heteroatoms. The second-order valence-corrected chi connectivity index (χ2v) is 5.28. The van der Waals surface area contributed by atoms with Crippen LogP contribution in [0.3, 0.4) is 0 Å². The number of nitrogens with two attached hydrogens (primary N) is 1. The summed E-state index contributed by atoms with van der Waals surface area (Å²) in [5, 5.41) is 3.87. The molecule has 2 heterocycles. The van der Waals surface area contributed by atoms with Gasteiger partial charge in [0.1, 0.15) is 5.82 Å². The molecule has 1 aromatic rings. The summed E-state index contributed by atoms with van der Waals surface area (Å²) in [7, 11) is 0. The Morgan fingerprint density at radius 1 is 1.53 bits per heavy atom. The third kappa shape index (κ3) is 3.23. The van der Waals surface area contributed by atoms with Gasteiger partial charge in [-0.05, 0) is 24.3 Å². The van der Waals surface area contributed by atoms with Crippen molar-refractivity contribution in [3.05, 3.63) is 17.3 Å². The molecule has 0 aliphatic carbocycles. The summed E-state index contributed by atoms with van der Waals surface area (Å²) in [5.74, 6) is 0.702. The average Bonchev–Trinajstić information content (AvgIpc) is 2.29. The molecule has 0 amide bonds. The number of anilines is 2. The highest BCUT2D eigenvalue weighted by atomic mass is 35.5. The topological polar surface area (TPSA) is 60.2 Å². The molecule has 0 saturated carbocycles. The van der Waals surface area contributed by atoms with Gasteiger partial charge >= 0.3 is 0 Å². The average molecular weight is 256 g/mol. The van der Waals surface area contributed by atoms with Crippen LogP contribution in [0, 0.1) is 5.41 Å². The molecule has 0 aromatic carbocycles. The number of nitrogens with zero attached hydrogens (tertiary/aromatic N) is 1. The summed E-state index contributed by atoms with van der Waals surface area (Å²) in [6.45, 7) is 4.78. The highest BCUT2D eigenvalue weighted by Crippen LogP contribution is 2.31. The van der Waals surface area contributed by atoms with E-state index < -0.39 is 0 Å². The standard InChI is InChI=1S/C12H18ClN3O/c1-12(2-4-17-5-3-12)8-16-11-10(13)6-9(14)7-15-11/h6-7H,2-5,8,14H2,1H3,(H,15,16). The Hall–Kier alpha value is -1.00. The predicted molar refractivity (Wildman–Crippen MR) is 70.3 cm³/mol. The van der Waals surface area contributed by atoms with Crippen LogP contribution in [0.15, 0.2) is 12.3 Å². The van der Waals surface area contributed by atoms with Crippen molar-refractivity contribution in [2.75, 3.05) is 30.8 Å². The van der Waals surface area contributed by atoms with Crippen molar-refractivity contribution in [3.63, 3.8) is 0 Å². The number of rotatable bonds is 3. The van der Waals surface area contributed by atoms with Crippen molar-refractivity contribution in [1.29, 1.82) is 0 Å². The molecule has 0 atom stereocenters. The van der Waals surface area contributed by atoms with Gasteiger partial charge in [0.25, 0.3) is 0 Å². The van der Waals surface area contributed by atoms with Gasteiger partial charge in [0.2, 0.25) is 0 Å². The zero-order chi connectivity index (χ0) is 12.3. The van der Waals surface area contributed by atoms with E-state index in [1.165, 1.54) is 0 Å². The van der Waals surface area contributed by atoms with Crippen LogP contribution in [0.1, 0.15) is 19.8 Å². The first kappa shape index (κ1) is 12.5. The van der Waals surface area contributed by atoms with Gasteiger partial charge < -0.3 is 15.8 Å². The molecule has 17 heavy (non-hydrogen) atoms.